The number of hydrogen-bond donors (Lipinski definition) is 0. The molecule has 2 aliphatic heterocycles. The second-order valence-corrected chi connectivity index (χ2v) is 10.00. The van der Waals surface area contributed by atoms with E-state index in [1.165, 1.54) is 0 Å². The van der Waals surface area contributed by atoms with Crippen molar-refractivity contribution in [1.82, 2.24) is 9.80 Å². The summed E-state index contributed by atoms with van der Waals surface area (Å²) < 4.78 is 43.4. The van der Waals surface area contributed by atoms with Crippen LogP contribution in [0, 0.1) is 5.92 Å². The number of esters is 1. The monoisotopic (exact) mass is 446 g/mol. The molecule has 1 aliphatic carbocycles. The van der Waals surface area contributed by atoms with Crippen LogP contribution in [0.1, 0.15) is 59.8 Å². The molecule has 2 atom stereocenters. The molecule has 0 aromatic rings. The number of rotatable bonds is 6. The fraction of sp³-hybridized carbons (Fsp3) is 0.909. The topological polar surface area (TPSA) is 68.3 Å². The first-order valence-electron chi connectivity index (χ1n) is 11.4. The molecule has 2 heterocycles. The van der Waals surface area contributed by atoms with Crippen molar-refractivity contribution in [2.45, 2.75) is 89.5 Å². The van der Waals surface area contributed by atoms with E-state index in [0.29, 0.717) is 26.2 Å². The van der Waals surface area contributed by atoms with E-state index in [4.69, 9.17) is 14.2 Å². The molecule has 2 saturated heterocycles. The number of nitrogens with zero attached hydrogens (tertiary/aromatic N) is 2. The summed E-state index contributed by atoms with van der Waals surface area (Å²) in [6, 6.07) is -0.322. The fourth-order valence-corrected chi connectivity index (χ4v) is 4.64. The summed E-state index contributed by atoms with van der Waals surface area (Å²) in [6.07, 6.45) is 3.19. The third-order valence-electron chi connectivity index (χ3n) is 6.22. The van der Waals surface area contributed by atoms with Crippen LogP contribution in [-0.2, 0) is 19.0 Å². The Hall–Kier alpha value is -1.48. The SMILES string of the molecule is CCOC(=O)[C@H]1CC[C@H](OC[C@@H]2C[C@H](N3CC(F)(F)C3)CN2C(=O)OC(C)(C)C)CC1. The average molecular weight is 447 g/mol. The quantitative estimate of drug-likeness (QED) is 0.582. The van der Waals surface area contributed by atoms with Gasteiger partial charge >= 0.3 is 12.1 Å². The van der Waals surface area contributed by atoms with Crippen LogP contribution >= 0.6 is 0 Å². The number of alkyl halides is 2. The first kappa shape index (κ1) is 24.2. The Labute approximate surface area is 183 Å². The summed E-state index contributed by atoms with van der Waals surface area (Å²) in [6.45, 7) is 7.81. The maximum Gasteiger partial charge on any atom is 0.410 e. The van der Waals surface area contributed by atoms with E-state index < -0.39 is 17.6 Å². The van der Waals surface area contributed by atoms with Gasteiger partial charge in [0, 0.05) is 12.6 Å². The van der Waals surface area contributed by atoms with Crippen molar-refractivity contribution in [3.63, 3.8) is 0 Å². The smallest absolute Gasteiger partial charge is 0.410 e. The van der Waals surface area contributed by atoms with Crippen LogP contribution < -0.4 is 0 Å². The van der Waals surface area contributed by atoms with Gasteiger partial charge in [-0.2, -0.15) is 0 Å². The maximum atomic E-state index is 13.3. The molecule has 178 valence electrons. The Kier molecular flexibility index (Phi) is 7.46. The Morgan fingerprint density at radius 1 is 1.10 bits per heavy atom. The van der Waals surface area contributed by atoms with Gasteiger partial charge in [-0.1, -0.05) is 0 Å². The van der Waals surface area contributed by atoms with Crippen LogP contribution in [0.2, 0.25) is 0 Å². The first-order chi connectivity index (χ1) is 14.5. The summed E-state index contributed by atoms with van der Waals surface area (Å²) in [5.41, 5.74) is -0.629. The van der Waals surface area contributed by atoms with Gasteiger partial charge in [-0.15, -0.1) is 0 Å². The molecule has 0 spiro atoms. The molecular formula is C22H36F2N2O5. The standard InChI is InChI=1S/C22H36F2N2O5/c1-5-29-19(27)15-6-8-18(9-7-15)30-12-17-10-16(25-13-22(23,24)14-25)11-26(17)20(28)31-21(2,3)4/h15-18H,5-14H2,1-4H3/t15-,16-,17-,18-/m0/s1. The van der Waals surface area contributed by atoms with Gasteiger partial charge in [0.15, 0.2) is 0 Å². The molecule has 0 radical (unpaired) electrons. The molecule has 0 unspecified atom stereocenters. The highest BCUT2D eigenvalue weighted by Crippen LogP contribution is 2.34. The number of likely N-dealkylation sites (tertiary alicyclic amines) is 2. The van der Waals surface area contributed by atoms with Gasteiger partial charge in [0.05, 0.1) is 44.4 Å². The number of amides is 1. The molecule has 3 rings (SSSR count). The van der Waals surface area contributed by atoms with Gasteiger partial charge in [-0.3, -0.25) is 9.69 Å². The minimum atomic E-state index is -2.64. The van der Waals surface area contributed by atoms with Crippen molar-refractivity contribution in [1.29, 1.82) is 0 Å². The molecule has 1 amide bonds. The molecular weight excluding hydrogens is 410 g/mol. The van der Waals surface area contributed by atoms with Crippen LogP contribution in [0.5, 0.6) is 0 Å². The number of ether oxygens (including phenoxy) is 3. The van der Waals surface area contributed by atoms with Crippen molar-refractivity contribution in [2.75, 3.05) is 32.8 Å². The van der Waals surface area contributed by atoms with Gasteiger partial charge in [-0.05, 0) is 59.8 Å². The van der Waals surface area contributed by atoms with Gasteiger partial charge < -0.3 is 19.1 Å². The molecule has 0 N–H and O–H groups in total. The zero-order valence-corrected chi connectivity index (χ0v) is 19.1. The molecule has 0 aromatic heterocycles. The van der Waals surface area contributed by atoms with Gasteiger partial charge in [0.25, 0.3) is 5.92 Å². The third-order valence-corrected chi connectivity index (χ3v) is 6.22. The van der Waals surface area contributed by atoms with Crippen molar-refractivity contribution in [2.24, 2.45) is 5.92 Å². The molecule has 0 aromatic carbocycles. The van der Waals surface area contributed by atoms with E-state index in [1.807, 2.05) is 20.8 Å². The lowest BCUT2D eigenvalue weighted by molar-refractivity contribution is -0.150. The van der Waals surface area contributed by atoms with E-state index in [2.05, 4.69) is 0 Å². The normalized spacial score (nSPS) is 31.2. The van der Waals surface area contributed by atoms with Crippen molar-refractivity contribution < 1.29 is 32.6 Å². The van der Waals surface area contributed by atoms with Crippen LogP contribution in [0.25, 0.3) is 0 Å². The van der Waals surface area contributed by atoms with Crippen molar-refractivity contribution in [3.05, 3.63) is 0 Å². The zero-order chi connectivity index (χ0) is 22.8. The highest BCUT2D eigenvalue weighted by molar-refractivity contribution is 5.72. The molecule has 7 nitrogen and oxygen atoms in total. The summed E-state index contributed by atoms with van der Waals surface area (Å²) in [7, 11) is 0. The number of hydrogen-bond acceptors (Lipinski definition) is 6. The van der Waals surface area contributed by atoms with Gasteiger partial charge in [-0.25, -0.2) is 13.6 Å². The zero-order valence-electron chi connectivity index (χ0n) is 19.1. The Balaban J connectivity index is 1.53. The van der Waals surface area contributed by atoms with E-state index in [0.717, 1.165) is 25.7 Å². The second kappa shape index (κ2) is 9.57. The fourth-order valence-electron chi connectivity index (χ4n) is 4.64. The summed E-state index contributed by atoms with van der Waals surface area (Å²) in [5.74, 6) is -2.84. The molecule has 3 aliphatic rings. The van der Waals surface area contributed by atoms with Crippen LogP contribution in [0.15, 0.2) is 0 Å². The predicted molar refractivity (Wildman–Crippen MR) is 110 cm³/mol. The maximum absolute atomic E-state index is 13.3. The lowest BCUT2D eigenvalue weighted by atomic mass is 9.87. The van der Waals surface area contributed by atoms with Gasteiger partial charge in [0.2, 0.25) is 0 Å². The van der Waals surface area contributed by atoms with Crippen molar-refractivity contribution >= 4 is 12.1 Å². The van der Waals surface area contributed by atoms with Crippen molar-refractivity contribution in [3.8, 4) is 0 Å². The minimum Gasteiger partial charge on any atom is -0.466 e. The Morgan fingerprint density at radius 2 is 1.74 bits per heavy atom. The van der Waals surface area contributed by atoms with Crippen LogP contribution in [0.4, 0.5) is 13.6 Å². The summed E-state index contributed by atoms with van der Waals surface area (Å²) in [4.78, 5) is 28.0. The van der Waals surface area contributed by atoms with Crippen LogP contribution in [-0.4, -0.2) is 84.4 Å². The third kappa shape index (κ3) is 6.51. The molecule has 1 saturated carbocycles. The number of halogens is 2. The largest absolute Gasteiger partial charge is 0.466 e. The van der Waals surface area contributed by atoms with E-state index >= 15 is 0 Å². The second-order valence-electron chi connectivity index (χ2n) is 10.00. The minimum absolute atomic E-state index is 0.0264. The Bertz CT molecular complexity index is 638. The molecule has 9 heteroatoms. The lowest BCUT2D eigenvalue weighted by Gasteiger charge is -2.42. The number of carbonyl (C=O) groups excluding carboxylic acids is 2. The lowest BCUT2D eigenvalue weighted by Crippen LogP contribution is -2.60. The molecule has 31 heavy (non-hydrogen) atoms. The van der Waals surface area contributed by atoms with Crippen LogP contribution in [0.3, 0.4) is 0 Å². The molecule has 3 fully saturated rings. The number of carbonyl (C=O) groups is 2. The average Bonchev–Trinajstić information content (AvgIpc) is 3.08. The molecule has 0 bridgehead atoms. The van der Waals surface area contributed by atoms with E-state index in [-0.39, 0.29) is 43.2 Å². The first-order valence-corrected chi connectivity index (χ1v) is 11.4. The Morgan fingerprint density at radius 3 is 2.29 bits per heavy atom. The summed E-state index contributed by atoms with van der Waals surface area (Å²) in [5, 5.41) is 0. The van der Waals surface area contributed by atoms with E-state index in [9.17, 15) is 18.4 Å². The highest BCUT2D eigenvalue weighted by Gasteiger charge is 2.50. The predicted octanol–water partition coefficient (Wildman–Crippen LogP) is 3.45. The highest BCUT2D eigenvalue weighted by atomic mass is 19.3. The van der Waals surface area contributed by atoms with Gasteiger partial charge in [0.1, 0.15) is 5.60 Å². The summed E-state index contributed by atoms with van der Waals surface area (Å²) >= 11 is 0. The van der Waals surface area contributed by atoms with E-state index in [1.54, 1.807) is 16.7 Å².